The number of rotatable bonds is 5. The van der Waals surface area contributed by atoms with Gasteiger partial charge < -0.3 is 15.3 Å². The van der Waals surface area contributed by atoms with Crippen LogP contribution in [0.3, 0.4) is 0 Å². The highest BCUT2D eigenvalue weighted by Gasteiger charge is 2.22. The number of hydrogen-bond acceptors (Lipinski definition) is 4. The fourth-order valence-corrected chi connectivity index (χ4v) is 2.37. The van der Waals surface area contributed by atoms with Crippen LogP contribution in [0.15, 0.2) is 18.3 Å². The average molecular weight is 235 g/mol. The van der Waals surface area contributed by atoms with Crippen molar-refractivity contribution >= 4 is 5.82 Å². The molecule has 1 aliphatic rings. The smallest absolute Gasteiger partial charge is 0.128 e. The Morgan fingerprint density at radius 3 is 3.06 bits per heavy atom. The third kappa shape index (κ3) is 3.17. The van der Waals surface area contributed by atoms with Crippen LogP contribution in [0.25, 0.3) is 0 Å². The number of nitrogens with zero attached hydrogens (tertiary/aromatic N) is 2. The highest BCUT2D eigenvalue weighted by molar-refractivity contribution is 5.40. The molecule has 1 fully saturated rings. The molecule has 94 valence electrons. The van der Waals surface area contributed by atoms with Crippen LogP contribution < -0.4 is 10.2 Å². The van der Waals surface area contributed by atoms with Crippen molar-refractivity contribution in [2.45, 2.75) is 19.4 Å². The zero-order valence-corrected chi connectivity index (χ0v) is 10.4. The van der Waals surface area contributed by atoms with E-state index in [0.29, 0.717) is 12.5 Å². The molecule has 0 aliphatic carbocycles. The Bertz CT molecular complexity index is 339. The maximum absolute atomic E-state index is 8.94. The number of nitrogens with one attached hydrogen (secondary N) is 1. The molecule has 0 aromatic carbocycles. The van der Waals surface area contributed by atoms with Crippen LogP contribution in [0.5, 0.6) is 0 Å². The first kappa shape index (κ1) is 12.3. The van der Waals surface area contributed by atoms with Gasteiger partial charge in [-0.05, 0) is 37.4 Å². The molecule has 2 N–H and O–H groups in total. The first-order valence-corrected chi connectivity index (χ1v) is 6.29. The fraction of sp³-hybridized carbons (Fsp3) is 0.615. The first-order valence-electron chi connectivity index (χ1n) is 6.29. The van der Waals surface area contributed by atoms with Crippen LogP contribution in [-0.2, 0) is 6.54 Å². The minimum absolute atomic E-state index is 0.299. The van der Waals surface area contributed by atoms with Gasteiger partial charge in [-0.15, -0.1) is 0 Å². The molecule has 1 atom stereocenters. The van der Waals surface area contributed by atoms with Gasteiger partial charge in [-0.25, -0.2) is 4.98 Å². The van der Waals surface area contributed by atoms with Crippen LogP contribution >= 0.6 is 0 Å². The quantitative estimate of drug-likeness (QED) is 0.799. The Morgan fingerprint density at radius 2 is 2.41 bits per heavy atom. The monoisotopic (exact) mass is 235 g/mol. The zero-order chi connectivity index (χ0) is 12.1. The van der Waals surface area contributed by atoms with Crippen LogP contribution in [0, 0.1) is 5.92 Å². The second-order valence-corrected chi connectivity index (χ2v) is 4.67. The van der Waals surface area contributed by atoms with Gasteiger partial charge in [0.05, 0.1) is 0 Å². The molecule has 4 nitrogen and oxygen atoms in total. The molecule has 1 aliphatic heterocycles. The maximum atomic E-state index is 8.94. The number of aromatic nitrogens is 1. The van der Waals surface area contributed by atoms with E-state index in [2.05, 4.69) is 27.3 Å². The molecular weight excluding hydrogens is 214 g/mol. The van der Waals surface area contributed by atoms with Gasteiger partial charge in [0, 0.05) is 32.4 Å². The number of aliphatic hydroxyl groups is 1. The van der Waals surface area contributed by atoms with Crippen LogP contribution in [-0.4, -0.2) is 36.8 Å². The van der Waals surface area contributed by atoms with Crippen molar-refractivity contribution in [3.05, 3.63) is 23.9 Å². The van der Waals surface area contributed by atoms with Crippen LogP contribution in [0.1, 0.15) is 18.4 Å². The third-order valence-electron chi connectivity index (χ3n) is 3.34. The zero-order valence-electron chi connectivity index (χ0n) is 10.4. The van der Waals surface area contributed by atoms with Crippen molar-refractivity contribution in [3.8, 4) is 0 Å². The topological polar surface area (TPSA) is 48.4 Å². The standard InChI is InChI=1S/C13H21N3O/c1-14-8-12-2-3-13(15-9-12)16-6-4-11(10-16)5-7-17/h2-3,9,11,14,17H,4-8,10H2,1H3. The van der Waals surface area contributed by atoms with Gasteiger partial charge in [0.25, 0.3) is 0 Å². The molecule has 1 aromatic rings. The lowest BCUT2D eigenvalue weighted by atomic mass is 10.1. The van der Waals surface area contributed by atoms with Gasteiger partial charge >= 0.3 is 0 Å². The van der Waals surface area contributed by atoms with Crippen molar-refractivity contribution < 1.29 is 5.11 Å². The fourth-order valence-electron chi connectivity index (χ4n) is 2.37. The lowest BCUT2D eigenvalue weighted by Gasteiger charge is -2.17. The summed E-state index contributed by atoms with van der Waals surface area (Å²) in [5, 5.41) is 12.1. The van der Waals surface area contributed by atoms with Gasteiger partial charge in [-0.1, -0.05) is 6.07 Å². The van der Waals surface area contributed by atoms with E-state index in [9.17, 15) is 0 Å². The summed E-state index contributed by atoms with van der Waals surface area (Å²) in [5.41, 5.74) is 1.21. The van der Waals surface area contributed by atoms with Crippen molar-refractivity contribution in [3.63, 3.8) is 0 Å². The molecule has 4 heteroatoms. The molecule has 2 rings (SSSR count). The van der Waals surface area contributed by atoms with Crippen molar-refractivity contribution in [1.82, 2.24) is 10.3 Å². The number of hydrogen-bond donors (Lipinski definition) is 2. The predicted molar refractivity (Wildman–Crippen MR) is 69.0 cm³/mol. The SMILES string of the molecule is CNCc1ccc(N2CCC(CCO)C2)nc1. The van der Waals surface area contributed by atoms with E-state index < -0.39 is 0 Å². The second-order valence-electron chi connectivity index (χ2n) is 4.67. The largest absolute Gasteiger partial charge is 0.396 e. The molecule has 0 radical (unpaired) electrons. The predicted octanol–water partition coefficient (Wildman–Crippen LogP) is 1.01. The molecule has 1 saturated heterocycles. The molecule has 17 heavy (non-hydrogen) atoms. The summed E-state index contributed by atoms with van der Waals surface area (Å²) in [6.45, 7) is 3.25. The molecule has 0 bridgehead atoms. The summed E-state index contributed by atoms with van der Waals surface area (Å²) in [7, 11) is 1.94. The van der Waals surface area contributed by atoms with Crippen molar-refractivity contribution in [2.75, 3.05) is 31.6 Å². The van der Waals surface area contributed by atoms with Gasteiger partial charge in [-0.3, -0.25) is 0 Å². The van der Waals surface area contributed by atoms with Crippen LogP contribution in [0.4, 0.5) is 5.82 Å². The highest BCUT2D eigenvalue weighted by atomic mass is 16.3. The van der Waals surface area contributed by atoms with Crippen LogP contribution in [0.2, 0.25) is 0 Å². The molecule has 0 saturated carbocycles. The summed E-state index contributed by atoms with van der Waals surface area (Å²) >= 11 is 0. The summed E-state index contributed by atoms with van der Waals surface area (Å²) in [4.78, 5) is 6.81. The normalized spacial score (nSPS) is 19.9. The Labute approximate surface area is 103 Å². The average Bonchev–Trinajstić information content (AvgIpc) is 2.80. The second kappa shape index (κ2) is 5.98. The summed E-state index contributed by atoms with van der Waals surface area (Å²) < 4.78 is 0. The highest BCUT2D eigenvalue weighted by Crippen LogP contribution is 2.23. The minimum Gasteiger partial charge on any atom is -0.396 e. The lowest BCUT2D eigenvalue weighted by molar-refractivity contribution is 0.263. The van der Waals surface area contributed by atoms with Gasteiger partial charge in [-0.2, -0.15) is 0 Å². The van der Waals surface area contributed by atoms with E-state index in [1.807, 2.05) is 13.2 Å². The molecule has 1 aromatic heterocycles. The molecule has 0 amide bonds. The van der Waals surface area contributed by atoms with Crippen molar-refractivity contribution in [1.29, 1.82) is 0 Å². The van der Waals surface area contributed by atoms with Gasteiger partial charge in [0.15, 0.2) is 0 Å². The number of aliphatic hydroxyl groups excluding tert-OH is 1. The summed E-state index contributed by atoms with van der Waals surface area (Å²) in [5.74, 6) is 1.68. The minimum atomic E-state index is 0.299. The van der Waals surface area contributed by atoms with Gasteiger partial charge in [0.1, 0.15) is 5.82 Å². The van der Waals surface area contributed by atoms with E-state index >= 15 is 0 Å². The molecular formula is C13H21N3O. The van der Waals surface area contributed by atoms with Gasteiger partial charge in [0.2, 0.25) is 0 Å². The number of anilines is 1. The summed E-state index contributed by atoms with van der Waals surface area (Å²) in [6, 6.07) is 4.21. The first-order chi connectivity index (χ1) is 8.33. The molecule has 1 unspecified atom stereocenters. The Kier molecular flexibility index (Phi) is 4.34. The lowest BCUT2D eigenvalue weighted by Crippen LogP contribution is -2.21. The van der Waals surface area contributed by atoms with E-state index in [1.54, 1.807) is 0 Å². The third-order valence-corrected chi connectivity index (χ3v) is 3.34. The Balaban J connectivity index is 1.94. The molecule has 2 heterocycles. The maximum Gasteiger partial charge on any atom is 0.128 e. The van der Waals surface area contributed by atoms with E-state index in [-0.39, 0.29) is 0 Å². The molecule has 0 spiro atoms. The number of pyridine rings is 1. The van der Waals surface area contributed by atoms with E-state index in [4.69, 9.17) is 5.11 Å². The Hall–Kier alpha value is -1.13. The van der Waals surface area contributed by atoms with E-state index in [0.717, 1.165) is 31.9 Å². The van der Waals surface area contributed by atoms with Crippen molar-refractivity contribution in [2.24, 2.45) is 5.92 Å². The van der Waals surface area contributed by atoms with E-state index in [1.165, 1.54) is 12.0 Å². The summed E-state index contributed by atoms with van der Waals surface area (Å²) in [6.07, 6.45) is 4.01. The Morgan fingerprint density at radius 1 is 1.53 bits per heavy atom.